The number of nitrogens with zero attached hydrogens (tertiary/aromatic N) is 10. The Kier molecular flexibility index (Phi) is 32.0. The van der Waals surface area contributed by atoms with E-state index in [1.807, 2.05) is 10.6 Å². The summed E-state index contributed by atoms with van der Waals surface area (Å²) in [6.07, 6.45) is -6.31. The minimum atomic E-state index is -2.26. The van der Waals surface area contributed by atoms with Crippen molar-refractivity contribution in [1.82, 2.24) is 67.8 Å². The highest BCUT2D eigenvalue weighted by Gasteiger charge is 2.36. The van der Waals surface area contributed by atoms with Gasteiger partial charge in [-0.1, -0.05) is 34.5 Å². The highest BCUT2D eigenvalue weighted by molar-refractivity contribution is 6.00. The summed E-state index contributed by atoms with van der Waals surface area (Å²) >= 11 is 0. The molecule has 0 aliphatic heterocycles. The Hall–Kier alpha value is -13.9. The number of hydrogen-bond donors (Lipinski definition) is 18. The summed E-state index contributed by atoms with van der Waals surface area (Å²) in [5, 5.41) is 99.1. The van der Waals surface area contributed by atoms with E-state index in [2.05, 4.69) is 82.5 Å². The maximum absolute atomic E-state index is 14.3. The van der Waals surface area contributed by atoms with Gasteiger partial charge in [0.1, 0.15) is 36.3 Å². The number of amides is 9. The highest BCUT2D eigenvalue weighted by Crippen LogP contribution is 2.21. The number of carbonyl (C=O) groups excluding carboxylic acids is 9. The van der Waals surface area contributed by atoms with E-state index in [0.717, 1.165) is 0 Å². The molecule has 5 aromatic rings. The summed E-state index contributed by atoms with van der Waals surface area (Å²) in [5.74, 6) is -21.3. The smallest absolute Gasteiger partial charge is 0.326 e. The number of nitrogens with one attached hydrogen (secondary N) is 10. The zero-order valence-corrected chi connectivity index (χ0v) is 55.2. The average Bonchev–Trinajstić information content (AvgIpc) is 0.813. The van der Waals surface area contributed by atoms with E-state index < -0.39 is 189 Å². The number of carbonyl (C=O) groups is 15. The molecule has 0 fully saturated rings. The van der Waals surface area contributed by atoms with E-state index in [1.165, 1.54) is 79.0 Å². The number of hydrogen-bond acceptors (Lipinski definition) is 24. The van der Waals surface area contributed by atoms with Gasteiger partial charge in [0.15, 0.2) is 11.2 Å². The predicted octanol–water partition coefficient (Wildman–Crippen LogP) is 0.649. The molecule has 43 heteroatoms. The minimum absolute atomic E-state index is 0.0147. The van der Waals surface area contributed by atoms with E-state index in [0.29, 0.717) is 11.4 Å². The Morgan fingerprint density at radius 3 is 1.33 bits per heavy atom. The Labute approximate surface area is 591 Å². The number of aromatic nitrogens is 4. The highest BCUT2D eigenvalue weighted by atomic mass is 16.4. The van der Waals surface area contributed by atoms with Gasteiger partial charge in [-0.15, -0.1) is 0 Å². The minimum Gasteiger partial charge on any atom is -0.492 e. The van der Waals surface area contributed by atoms with Crippen LogP contribution in [-0.4, -0.2) is 200 Å². The molecule has 2 heterocycles. The summed E-state index contributed by atoms with van der Waals surface area (Å²) in [7, 11) is 0. The quantitative estimate of drug-likeness (QED) is 0.0110. The molecule has 0 saturated carbocycles. The van der Waals surface area contributed by atoms with Crippen LogP contribution in [0.3, 0.4) is 0 Å². The molecule has 105 heavy (non-hydrogen) atoms. The van der Waals surface area contributed by atoms with Crippen molar-refractivity contribution in [3.8, 4) is 5.88 Å². The van der Waals surface area contributed by atoms with Crippen molar-refractivity contribution >= 4 is 123 Å². The van der Waals surface area contributed by atoms with Crippen LogP contribution < -0.4 is 58.9 Å². The average molecular weight is 1460 g/mol. The molecular formula is C62H71N21O22. The summed E-state index contributed by atoms with van der Waals surface area (Å²) in [6, 6.07) is 2.85. The zero-order chi connectivity index (χ0) is 77.3. The Morgan fingerprint density at radius 2 is 0.876 bits per heavy atom. The van der Waals surface area contributed by atoms with Crippen LogP contribution >= 0.6 is 0 Å². The van der Waals surface area contributed by atoms with Gasteiger partial charge in [-0.2, -0.15) is 9.97 Å². The number of benzene rings is 3. The number of fused-ring (bicyclic) bond motifs is 1. The van der Waals surface area contributed by atoms with E-state index in [9.17, 15) is 108 Å². The number of aromatic hydroxyl groups is 1. The maximum atomic E-state index is 14.3. The third-order valence-electron chi connectivity index (χ3n) is 14.9. The maximum Gasteiger partial charge on any atom is 0.326 e. The van der Waals surface area contributed by atoms with Crippen LogP contribution in [0.15, 0.2) is 89.2 Å². The van der Waals surface area contributed by atoms with Gasteiger partial charge in [-0.25, -0.2) is 14.8 Å². The molecule has 9 amide bonds. The first-order chi connectivity index (χ1) is 49.9. The second kappa shape index (κ2) is 41.0. The number of nitrogens with two attached hydrogens (primary N) is 1. The molecule has 0 unspecified atom stereocenters. The first-order valence-corrected chi connectivity index (χ1v) is 31.5. The fourth-order valence-electron chi connectivity index (χ4n) is 9.70. The molecule has 0 aliphatic carbocycles. The molecule has 3 aromatic carbocycles. The first kappa shape index (κ1) is 81.8. The van der Waals surface area contributed by atoms with Crippen LogP contribution in [0.25, 0.3) is 32.0 Å². The Bertz CT molecular complexity index is 4160. The number of azide groups is 2. The van der Waals surface area contributed by atoms with Crippen LogP contribution in [0.5, 0.6) is 5.88 Å². The molecule has 0 saturated heterocycles. The SMILES string of the molecule is [N-]=[N+]=Nc1ccc(C(=O)NCCCC[C@@H](CC(=O)O)NC(=O)[C@H](CC(=O)O)NC(=O)[C@H](CC(=O)O)NC(=O)[C@H](CCCCNC(=O)c2ccc(N=[N+]=[N-])cc2)NC(=O)[C@@H](CC(=O)O)NC(=O)[C@@H](CC(=O)O)NC(=O)CC[C@H](NC(=O)c2ccc(NCc3cnc4nc(N)nc(O)c4n3)cc2)C(=O)O)cc1. The number of nitrogen functional groups attached to an aromatic ring is 1. The lowest BCUT2D eigenvalue weighted by Gasteiger charge is -2.27. The number of aliphatic carboxylic acids is 6. The Morgan fingerprint density at radius 1 is 0.457 bits per heavy atom. The van der Waals surface area contributed by atoms with Gasteiger partial charge in [0.25, 0.3) is 17.7 Å². The topological polar surface area (TPSA) is 693 Å². The van der Waals surface area contributed by atoms with E-state index in [1.54, 1.807) is 0 Å². The number of anilines is 2. The largest absolute Gasteiger partial charge is 0.492 e. The lowest BCUT2D eigenvalue weighted by atomic mass is 10.0. The van der Waals surface area contributed by atoms with Crippen LogP contribution in [-0.2, 0) is 64.1 Å². The van der Waals surface area contributed by atoms with Crippen LogP contribution in [0.4, 0.5) is 23.0 Å². The molecule has 0 spiro atoms. The molecule has 2 aromatic heterocycles. The number of carboxylic acids is 6. The number of rotatable bonds is 44. The molecular weight excluding hydrogens is 1390 g/mol. The van der Waals surface area contributed by atoms with Gasteiger partial charge in [-0.05, 0) is 105 Å². The normalized spacial score (nSPS) is 12.6. The van der Waals surface area contributed by atoms with Crippen molar-refractivity contribution in [1.29, 1.82) is 0 Å². The van der Waals surface area contributed by atoms with Gasteiger partial charge in [0, 0.05) is 69.1 Å². The summed E-state index contributed by atoms with van der Waals surface area (Å²) in [4.78, 5) is 216. The second-order valence-electron chi connectivity index (χ2n) is 22.8. The van der Waals surface area contributed by atoms with Crippen molar-refractivity contribution in [2.45, 2.75) is 132 Å². The molecule has 0 radical (unpaired) electrons. The Balaban J connectivity index is 1.27. The molecule has 5 rings (SSSR count). The molecule has 556 valence electrons. The zero-order valence-electron chi connectivity index (χ0n) is 55.2. The standard InChI is InChI=1S/C62H71N21O22/c63-62-78-51-50(60(103)79-62)70-37(29-69-51)28-68-33-13-7-32(8-14-33)54(97)74-39(61(104)105)19-20-44(84)72-40(24-46(87)88)57(100)77-42(26-48(91)92)58(101)73-38(6-2-4-22-67-53(96)31-11-17-35(18-12-31)81-83-65)55(98)75-43(27-49(93)94)59(102)76-41(25-47(89)90)56(99)71-36(23-45(85)86)5-1-3-21-66-52(95)30-9-15-34(16-10-30)80-82-64/h7-18,29,36,38-43,68H,1-6,19-28H2,(H,66,95)(H,67,96)(H,71,99)(H,72,84)(H,73,101)(H,74,97)(H,75,98)(H,76,102)(H,77,100)(H,85,86)(H,87,88)(H,89,90)(H,91,92)(H,93,94)(H,104,105)(H3,63,69,78,79,103)/t36-,38-,39-,40+,41-,42+,43-/m0/s1. The lowest BCUT2D eigenvalue weighted by Crippen LogP contribution is -2.60. The number of carboxylic acid groups (broad SMARTS) is 6. The lowest BCUT2D eigenvalue weighted by molar-refractivity contribution is -0.144. The monoisotopic (exact) mass is 1460 g/mol. The van der Waals surface area contributed by atoms with Gasteiger partial charge in [-0.3, -0.25) is 67.1 Å². The second-order valence-corrected chi connectivity index (χ2v) is 22.8. The van der Waals surface area contributed by atoms with Gasteiger partial charge in [0.05, 0.1) is 50.5 Å². The summed E-state index contributed by atoms with van der Waals surface area (Å²) < 4.78 is 0. The fraction of sp³-hybridized carbons (Fsp3) is 0.371. The van der Waals surface area contributed by atoms with Crippen LogP contribution in [0.2, 0.25) is 0 Å². The van der Waals surface area contributed by atoms with Crippen LogP contribution in [0, 0.1) is 0 Å². The first-order valence-electron chi connectivity index (χ1n) is 31.5. The van der Waals surface area contributed by atoms with Crippen molar-refractivity contribution in [3.05, 3.63) is 122 Å². The molecule has 0 bridgehead atoms. The summed E-state index contributed by atoms with van der Waals surface area (Å²) in [6.45, 7) is -0.0176. The van der Waals surface area contributed by atoms with E-state index in [4.69, 9.17) is 16.8 Å². The van der Waals surface area contributed by atoms with Gasteiger partial charge >= 0.3 is 35.8 Å². The van der Waals surface area contributed by atoms with Crippen molar-refractivity contribution in [2.24, 2.45) is 10.2 Å². The summed E-state index contributed by atoms with van der Waals surface area (Å²) in [5.41, 5.74) is 24.4. The van der Waals surface area contributed by atoms with Gasteiger partial charge < -0.3 is 94.6 Å². The fourth-order valence-corrected chi connectivity index (χ4v) is 9.70. The van der Waals surface area contributed by atoms with E-state index in [-0.39, 0.29) is 96.9 Å². The third-order valence-corrected chi connectivity index (χ3v) is 14.9. The molecule has 43 nitrogen and oxygen atoms in total. The van der Waals surface area contributed by atoms with Crippen molar-refractivity contribution in [2.75, 3.05) is 24.1 Å². The molecule has 7 atom stereocenters. The van der Waals surface area contributed by atoms with Crippen molar-refractivity contribution < 1.29 is 108 Å². The van der Waals surface area contributed by atoms with Gasteiger partial charge in [0.2, 0.25) is 47.3 Å². The number of unbranched alkanes of at least 4 members (excludes halogenated alkanes) is 2. The van der Waals surface area contributed by atoms with E-state index >= 15 is 0 Å². The predicted molar refractivity (Wildman–Crippen MR) is 359 cm³/mol. The molecule has 0 aliphatic rings. The van der Waals surface area contributed by atoms with Crippen molar-refractivity contribution in [3.63, 3.8) is 0 Å². The molecule has 19 N–H and O–H groups in total. The third kappa shape index (κ3) is 28.4. The van der Waals surface area contributed by atoms with Crippen LogP contribution in [0.1, 0.15) is 120 Å².